The monoisotopic (exact) mass is 348 g/mol. The summed E-state index contributed by atoms with van der Waals surface area (Å²) in [5.41, 5.74) is 6.53. The van der Waals surface area contributed by atoms with Crippen LogP contribution in [0, 0.1) is 13.8 Å². The van der Waals surface area contributed by atoms with Crippen LogP contribution in [-0.2, 0) is 4.79 Å². The highest BCUT2D eigenvalue weighted by Gasteiger charge is 2.22. The summed E-state index contributed by atoms with van der Waals surface area (Å²) < 4.78 is 10.9. The number of nitrogens with one attached hydrogen (secondary N) is 1. The number of hydrogen-bond donors (Lipinski definition) is 2. The normalized spacial score (nSPS) is 11.7. The zero-order valence-corrected chi connectivity index (χ0v) is 14.8. The van der Waals surface area contributed by atoms with Crippen LogP contribution in [0.4, 0.5) is 5.00 Å². The molecule has 7 heteroatoms. The number of benzene rings is 1. The third-order valence-electron chi connectivity index (χ3n) is 3.61. The van der Waals surface area contributed by atoms with Crippen molar-refractivity contribution >= 4 is 28.2 Å². The lowest BCUT2D eigenvalue weighted by Crippen LogP contribution is -2.30. The van der Waals surface area contributed by atoms with E-state index in [2.05, 4.69) is 5.32 Å². The second-order valence-electron chi connectivity index (χ2n) is 5.25. The lowest BCUT2D eigenvalue weighted by molar-refractivity contribution is -0.122. The Labute approximate surface area is 144 Å². The van der Waals surface area contributed by atoms with Crippen LogP contribution in [0.1, 0.15) is 27.7 Å². The molecule has 1 heterocycles. The molecule has 0 aliphatic heterocycles. The summed E-state index contributed by atoms with van der Waals surface area (Å²) in [4.78, 5) is 24.9. The molecule has 0 unspecified atom stereocenters. The number of anilines is 1. The van der Waals surface area contributed by atoms with Gasteiger partial charge in [0.2, 0.25) is 0 Å². The average molecular weight is 348 g/mol. The molecule has 3 N–H and O–H groups in total. The van der Waals surface area contributed by atoms with Crippen LogP contribution in [-0.4, -0.2) is 25.0 Å². The molecule has 0 fully saturated rings. The van der Waals surface area contributed by atoms with Gasteiger partial charge in [-0.3, -0.25) is 9.59 Å². The van der Waals surface area contributed by atoms with Gasteiger partial charge in [0.1, 0.15) is 5.00 Å². The molecule has 0 aliphatic rings. The Bertz CT molecular complexity index is 770. The van der Waals surface area contributed by atoms with Crippen LogP contribution in [0.25, 0.3) is 0 Å². The highest BCUT2D eigenvalue weighted by Crippen LogP contribution is 2.32. The number of methoxy groups -OCH3 is 1. The fourth-order valence-electron chi connectivity index (χ4n) is 2.19. The number of ether oxygens (including phenoxy) is 2. The fraction of sp³-hybridized carbons (Fsp3) is 0.294. The topological polar surface area (TPSA) is 90.7 Å². The van der Waals surface area contributed by atoms with E-state index in [1.165, 1.54) is 18.4 Å². The molecule has 1 aromatic heterocycles. The van der Waals surface area contributed by atoms with Gasteiger partial charge in [0.25, 0.3) is 11.8 Å². The van der Waals surface area contributed by atoms with E-state index in [0.717, 1.165) is 10.4 Å². The van der Waals surface area contributed by atoms with Crippen LogP contribution in [0.3, 0.4) is 0 Å². The highest BCUT2D eigenvalue weighted by molar-refractivity contribution is 7.16. The van der Waals surface area contributed by atoms with Gasteiger partial charge in [0.05, 0.1) is 12.7 Å². The number of amides is 2. The maximum atomic E-state index is 12.4. The summed E-state index contributed by atoms with van der Waals surface area (Å²) in [7, 11) is 1.53. The van der Waals surface area contributed by atoms with Gasteiger partial charge in [-0.2, -0.15) is 0 Å². The first-order valence-electron chi connectivity index (χ1n) is 7.35. The zero-order chi connectivity index (χ0) is 17.9. The SMILES string of the molecule is COc1ccccc1O[C@H](C)C(=O)Nc1sc(C)c(C)c1C(N)=O. The number of rotatable bonds is 6. The molecule has 1 aromatic carbocycles. The van der Waals surface area contributed by atoms with Crippen molar-refractivity contribution in [3.05, 3.63) is 40.3 Å². The summed E-state index contributed by atoms with van der Waals surface area (Å²) >= 11 is 1.32. The predicted octanol–water partition coefficient (Wildman–Crippen LogP) is 2.88. The number of hydrogen-bond acceptors (Lipinski definition) is 5. The van der Waals surface area contributed by atoms with Gasteiger partial charge >= 0.3 is 0 Å². The summed E-state index contributed by atoms with van der Waals surface area (Å²) in [6.45, 7) is 5.30. The van der Waals surface area contributed by atoms with Crippen LogP contribution in [0.15, 0.2) is 24.3 Å². The molecule has 0 bridgehead atoms. The summed E-state index contributed by atoms with van der Waals surface area (Å²) in [5.74, 6) is 0.0733. The first kappa shape index (κ1) is 17.8. The second-order valence-corrected chi connectivity index (χ2v) is 6.48. The van der Waals surface area contributed by atoms with Gasteiger partial charge in [-0.25, -0.2) is 0 Å². The van der Waals surface area contributed by atoms with Crippen molar-refractivity contribution in [3.8, 4) is 11.5 Å². The number of nitrogens with two attached hydrogens (primary N) is 1. The third-order valence-corrected chi connectivity index (χ3v) is 4.73. The van der Waals surface area contributed by atoms with E-state index in [1.54, 1.807) is 32.0 Å². The van der Waals surface area contributed by atoms with E-state index in [4.69, 9.17) is 15.2 Å². The number of carbonyl (C=O) groups is 2. The van der Waals surface area contributed by atoms with E-state index >= 15 is 0 Å². The van der Waals surface area contributed by atoms with Crippen molar-refractivity contribution in [2.75, 3.05) is 12.4 Å². The van der Waals surface area contributed by atoms with E-state index in [1.807, 2.05) is 13.0 Å². The minimum absolute atomic E-state index is 0.343. The van der Waals surface area contributed by atoms with Crippen molar-refractivity contribution in [1.82, 2.24) is 0 Å². The number of carbonyl (C=O) groups excluding carboxylic acids is 2. The number of thiophene rings is 1. The molecule has 1 atom stereocenters. The Hall–Kier alpha value is -2.54. The smallest absolute Gasteiger partial charge is 0.265 e. The molecule has 0 saturated heterocycles. The lowest BCUT2D eigenvalue weighted by Gasteiger charge is -2.16. The number of para-hydroxylation sites is 2. The Kier molecular flexibility index (Phi) is 5.46. The Balaban J connectivity index is 2.15. The predicted molar refractivity (Wildman–Crippen MR) is 94.0 cm³/mol. The molecule has 2 rings (SSSR count). The lowest BCUT2D eigenvalue weighted by atomic mass is 10.1. The fourth-order valence-corrected chi connectivity index (χ4v) is 3.25. The molecular weight excluding hydrogens is 328 g/mol. The first-order chi connectivity index (χ1) is 11.3. The third kappa shape index (κ3) is 3.68. The largest absolute Gasteiger partial charge is 0.493 e. The summed E-state index contributed by atoms with van der Waals surface area (Å²) in [5, 5.41) is 3.17. The molecule has 0 spiro atoms. The van der Waals surface area contributed by atoms with Crippen molar-refractivity contribution in [3.63, 3.8) is 0 Å². The van der Waals surface area contributed by atoms with Gasteiger partial charge in [0, 0.05) is 4.88 Å². The Morgan fingerprint density at radius 2 is 1.83 bits per heavy atom. The molecule has 0 saturated carbocycles. The van der Waals surface area contributed by atoms with Gasteiger partial charge in [-0.05, 0) is 38.5 Å². The molecule has 2 amide bonds. The van der Waals surface area contributed by atoms with Crippen molar-refractivity contribution in [2.45, 2.75) is 26.9 Å². The minimum Gasteiger partial charge on any atom is -0.493 e. The van der Waals surface area contributed by atoms with Crippen molar-refractivity contribution in [2.24, 2.45) is 5.73 Å². The van der Waals surface area contributed by atoms with Gasteiger partial charge in [-0.1, -0.05) is 12.1 Å². The quantitative estimate of drug-likeness (QED) is 0.840. The maximum Gasteiger partial charge on any atom is 0.265 e. The highest BCUT2D eigenvalue weighted by atomic mass is 32.1. The van der Waals surface area contributed by atoms with Crippen molar-refractivity contribution < 1.29 is 19.1 Å². The standard InChI is InChI=1S/C17H20N2O4S/c1-9-11(3)24-17(14(9)15(18)20)19-16(21)10(2)23-13-8-6-5-7-12(13)22-4/h5-8,10H,1-4H3,(H2,18,20)(H,19,21)/t10-/m1/s1. The van der Waals surface area contributed by atoms with Crippen molar-refractivity contribution in [1.29, 1.82) is 0 Å². The van der Waals surface area contributed by atoms with Gasteiger partial charge < -0.3 is 20.5 Å². The Morgan fingerprint density at radius 3 is 2.42 bits per heavy atom. The Morgan fingerprint density at radius 1 is 1.21 bits per heavy atom. The summed E-state index contributed by atoms with van der Waals surface area (Å²) in [6.07, 6.45) is -0.773. The van der Waals surface area contributed by atoms with Crippen LogP contribution >= 0.6 is 11.3 Å². The average Bonchev–Trinajstić information content (AvgIpc) is 2.82. The molecule has 0 aliphatic carbocycles. The van der Waals surface area contributed by atoms with Crippen LogP contribution in [0.5, 0.6) is 11.5 Å². The molecule has 128 valence electrons. The zero-order valence-electron chi connectivity index (χ0n) is 14.0. The summed E-state index contributed by atoms with van der Waals surface area (Å²) in [6, 6.07) is 7.07. The second kappa shape index (κ2) is 7.35. The molecule has 2 aromatic rings. The van der Waals surface area contributed by atoms with E-state index in [-0.39, 0.29) is 5.91 Å². The maximum absolute atomic E-state index is 12.4. The van der Waals surface area contributed by atoms with E-state index in [0.29, 0.717) is 22.1 Å². The number of primary amides is 1. The van der Waals surface area contributed by atoms with Crippen LogP contribution in [0.2, 0.25) is 0 Å². The van der Waals surface area contributed by atoms with E-state index in [9.17, 15) is 9.59 Å². The minimum atomic E-state index is -0.773. The molecular formula is C17H20N2O4S. The molecule has 0 radical (unpaired) electrons. The molecule has 24 heavy (non-hydrogen) atoms. The van der Waals surface area contributed by atoms with Gasteiger partial charge in [-0.15, -0.1) is 11.3 Å². The number of aryl methyl sites for hydroxylation is 1. The van der Waals surface area contributed by atoms with Gasteiger partial charge in [0.15, 0.2) is 17.6 Å². The van der Waals surface area contributed by atoms with Crippen LogP contribution < -0.4 is 20.5 Å². The first-order valence-corrected chi connectivity index (χ1v) is 8.17. The molecule has 6 nitrogen and oxygen atoms in total. The van der Waals surface area contributed by atoms with E-state index < -0.39 is 12.0 Å².